The minimum Gasteiger partial charge on any atom is -0.496 e. The summed E-state index contributed by atoms with van der Waals surface area (Å²) in [5.41, 5.74) is 4.71. The Hall–Kier alpha value is -3.14. The van der Waals surface area contributed by atoms with Crippen molar-refractivity contribution in [2.45, 2.75) is 59.1 Å². The first-order valence-electron chi connectivity index (χ1n) is 13.2. The summed E-state index contributed by atoms with van der Waals surface area (Å²) in [5, 5.41) is 13.3. The molecule has 0 spiro atoms. The van der Waals surface area contributed by atoms with E-state index in [1.54, 1.807) is 11.7 Å². The standard InChI is InChI=1S/C30H38N2O5SSi/c1-18-14-24(36-4)25(22-10-8-21(9-11-22)19(2)16-31-30(34)35)26-23-15-20(3)38-28(23)29(33)32(27(18)26)17-37-12-13-39(5,6)7/h8-11,14-15,19,31H,12-13,16-17H2,1-7H3,(H,34,35). The third kappa shape index (κ3) is 6.21. The molecule has 2 N–H and O–H groups in total. The molecule has 2 aromatic carbocycles. The number of amides is 1. The Balaban J connectivity index is 1.90. The highest BCUT2D eigenvalue weighted by atomic mass is 32.1. The fourth-order valence-electron chi connectivity index (χ4n) is 4.91. The van der Waals surface area contributed by atoms with Crippen molar-refractivity contribution < 1.29 is 19.4 Å². The van der Waals surface area contributed by atoms with Gasteiger partial charge in [-0.1, -0.05) is 50.8 Å². The predicted molar refractivity (Wildman–Crippen MR) is 164 cm³/mol. The Morgan fingerprint density at radius 1 is 1.15 bits per heavy atom. The summed E-state index contributed by atoms with van der Waals surface area (Å²) in [6.45, 7) is 14.1. The number of hydrogen-bond acceptors (Lipinski definition) is 5. The lowest BCUT2D eigenvalue weighted by Crippen LogP contribution is -2.25. The number of hydrogen-bond donors (Lipinski definition) is 2. The Morgan fingerprint density at radius 3 is 2.46 bits per heavy atom. The molecule has 4 aromatic rings. The van der Waals surface area contributed by atoms with Gasteiger partial charge in [0, 0.05) is 42.4 Å². The Labute approximate surface area is 234 Å². The number of aromatic nitrogens is 1. The quantitative estimate of drug-likeness (QED) is 0.157. The number of nitrogens with one attached hydrogen (secondary N) is 1. The fraction of sp³-hybridized carbons (Fsp3) is 0.400. The molecule has 9 heteroatoms. The highest BCUT2D eigenvalue weighted by Gasteiger charge is 2.22. The molecule has 0 aliphatic carbocycles. The molecule has 7 nitrogen and oxygen atoms in total. The van der Waals surface area contributed by atoms with Crippen LogP contribution in [0.15, 0.2) is 41.2 Å². The number of carbonyl (C=O) groups is 1. The van der Waals surface area contributed by atoms with E-state index in [4.69, 9.17) is 14.6 Å². The maximum absolute atomic E-state index is 13.8. The molecule has 0 saturated heterocycles. The fourth-order valence-corrected chi connectivity index (χ4v) is 6.63. The van der Waals surface area contributed by atoms with Gasteiger partial charge in [0.2, 0.25) is 0 Å². The number of methoxy groups -OCH3 is 1. The Bertz CT molecular complexity index is 1570. The average molecular weight is 567 g/mol. The predicted octanol–water partition coefficient (Wildman–Crippen LogP) is 7.19. The van der Waals surface area contributed by atoms with Crippen LogP contribution in [0.1, 0.15) is 28.8 Å². The van der Waals surface area contributed by atoms with Crippen LogP contribution in [0.4, 0.5) is 4.79 Å². The number of pyridine rings is 1. The Kier molecular flexibility index (Phi) is 8.53. The van der Waals surface area contributed by atoms with E-state index < -0.39 is 14.2 Å². The zero-order chi connectivity index (χ0) is 28.5. The summed E-state index contributed by atoms with van der Waals surface area (Å²) in [7, 11) is 0.407. The second-order valence-corrected chi connectivity index (χ2v) is 18.3. The first-order valence-corrected chi connectivity index (χ1v) is 17.7. The molecule has 0 radical (unpaired) electrons. The lowest BCUT2D eigenvalue weighted by Gasteiger charge is -2.21. The second-order valence-electron chi connectivity index (χ2n) is 11.4. The molecule has 1 unspecified atom stereocenters. The van der Waals surface area contributed by atoms with E-state index in [1.165, 1.54) is 11.3 Å². The summed E-state index contributed by atoms with van der Waals surface area (Å²) >= 11 is 1.51. The summed E-state index contributed by atoms with van der Waals surface area (Å²) < 4.78 is 14.5. The largest absolute Gasteiger partial charge is 0.496 e. The van der Waals surface area contributed by atoms with Gasteiger partial charge in [0.15, 0.2) is 0 Å². The minimum atomic E-state index is -1.26. The van der Waals surface area contributed by atoms with Crippen LogP contribution in [-0.4, -0.2) is 44.1 Å². The number of carboxylic acid groups (broad SMARTS) is 1. The molecule has 0 bridgehead atoms. The molecule has 0 fully saturated rings. The van der Waals surface area contributed by atoms with Crippen molar-refractivity contribution in [3.63, 3.8) is 0 Å². The molecule has 1 amide bonds. The van der Waals surface area contributed by atoms with E-state index in [2.05, 4.69) is 31.0 Å². The third-order valence-corrected chi connectivity index (χ3v) is 9.80. The van der Waals surface area contributed by atoms with Crippen molar-refractivity contribution in [2.24, 2.45) is 0 Å². The van der Waals surface area contributed by atoms with Gasteiger partial charge in [-0.25, -0.2) is 4.79 Å². The molecule has 39 heavy (non-hydrogen) atoms. The van der Waals surface area contributed by atoms with Gasteiger partial charge in [0.1, 0.15) is 17.2 Å². The van der Waals surface area contributed by atoms with Crippen molar-refractivity contribution in [1.29, 1.82) is 0 Å². The molecule has 0 aliphatic heterocycles. The summed E-state index contributed by atoms with van der Waals surface area (Å²) in [6, 6.07) is 13.3. The smallest absolute Gasteiger partial charge is 0.404 e. The maximum Gasteiger partial charge on any atom is 0.404 e. The number of fused-ring (bicyclic) bond motifs is 3. The van der Waals surface area contributed by atoms with E-state index in [9.17, 15) is 9.59 Å². The number of nitrogens with zero attached hydrogens (tertiary/aromatic N) is 1. The number of benzene rings is 2. The molecule has 2 aromatic heterocycles. The van der Waals surface area contributed by atoms with Crippen LogP contribution < -0.4 is 15.6 Å². The van der Waals surface area contributed by atoms with Crippen molar-refractivity contribution in [1.82, 2.24) is 9.88 Å². The molecule has 2 heterocycles. The number of aryl methyl sites for hydroxylation is 2. The highest BCUT2D eigenvalue weighted by Crippen LogP contribution is 2.43. The zero-order valence-corrected chi connectivity index (χ0v) is 25.6. The molecular weight excluding hydrogens is 528 g/mol. The summed E-state index contributed by atoms with van der Waals surface area (Å²) in [5.74, 6) is 0.764. The SMILES string of the molecule is COc1cc(C)c2c(c1-c1ccc(C(C)CNC(=O)O)cc1)c1cc(C)sc1c(=O)n2COCC[Si](C)(C)C. The molecule has 208 valence electrons. The third-order valence-electron chi connectivity index (χ3n) is 7.05. The maximum atomic E-state index is 13.8. The first kappa shape index (κ1) is 28.9. The van der Waals surface area contributed by atoms with Crippen molar-refractivity contribution in [3.8, 4) is 16.9 Å². The van der Waals surface area contributed by atoms with Gasteiger partial charge in [0.25, 0.3) is 5.56 Å². The van der Waals surface area contributed by atoms with E-state index in [1.807, 2.05) is 51.1 Å². The topological polar surface area (TPSA) is 89.8 Å². The monoisotopic (exact) mass is 566 g/mol. The van der Waals surface area contributed by atoms with Crippen LogP contribution in [0.3, 0.4) is 0 Å². The van der Waals surface area contributed by atoms with Gasteiger partial charge in [-0.2, -0.15) is 0 Å². The van der Waals surface area contributed by atoms with E-state index in [-0.39, 0.29) is 18.2 Å². The summed E-state index contributed by atoms with van der Waals surface area (Å²) in [4.78, 5) is 25.8. The normalized spacial score (nSPS) is 12.7. The number of rotatable bonds is 10. The van der Waals surface area contributed by atoms with Gasteiger partial charge in [-0.3, -0.25) is 9.36 Å². The molecule has 0 saturated carbocycles. The van der Waals surface area contributed by atoms with Gasteiger partial charge < -0.3 is 19.9 Å². The van der Waals surface area contributed by atoms with Crippen molar-refractivity contribution in [2.75, 3.05) is 20.3 Å². The zero-order valence-electron chi connectivity index (χ0n) is 23.8. The minimum absolute atomic E-state index is 0.0246. The molecule has 4 rings (SSSR count). The van der Waals surface area contributed by atoms with Crippen LogP contribution in [-0.2, 0) is 11.5 Å². The van der Waals surface area contributed by atoms with Gasteiger partial charge >= 0.3 is 6.09 Å². The second kappa shape index (κ2) is 11.5. The van der Waals surface area contributed by atoms with Crippen molar-refractivity contribution in [3.05, 3.63) is 62.8 Å². The number of ether oxygens (including phenoxy) is 2. The van der Waals surface area contributed by atoms with Crippen LogP contribution in [0, 0.1) is 13.8 Å². The average Bonchev–Trinajstić information content (AvgIpc) is 3.27. The molecule has 0 aliphatic rings. The lowest BCUT2D eigenvalue weighted by molar-refractivity contribution is 0.0882. The highest BCUT2D eigenvalue weighted by molar-refractivity contribution is 7.19. The van der Waals surface area contributed by atoms with E-state index in [0.29, 0.717) is 17.9 Å². The van der Waals surface area contributed by atoms with E-state index in [0.717, 1.165) is 55.2 Å². The van der Waals surface area contributed by atoms with Crippen molar-refractivity contribution >= 4 is 46.5 Å². The van der Waals surface area contributed by atoms with Gasteiger partial charge in [-0.05, 0) is 54.6 Å². The van der Waals surface area contributed by atoms with E-state index >= 15 is 0 Å². The Morgan fingerprint density at radius 2 is 1.85 bits per heavy atom. The molecular formula is C30H38N2O5SSi. The van der Waals surface area contributed by atoms with Gasteiger partial charge in [-0.15, -0.1) is 11.3 Å². The van der Waals surface area contributed by atoms with Gasteiger partial charge in [0.05, 0.1) is 12.6 Å². The number of thiophene rings is 1. The van der Waals surface area contributed by atoms with Crippen LogP contribution in [0.25, 0.3) is 32.1 Å². The van der Waals surface area contributed by atoms with Crippen LogP contribution >= 0.6 is 11.3 Å². The molecule has 1 atom stereocenters. The van der Waals surface area contributed by atoms with Crippen LogP contribution in [0.2, 0.25) is 25.7 Å². The first-order chi connectivity index (χ1) is 18.4. The van der Waals surface area contributed by atoms with Crippen LogP contribution in [0.5, 0.6) is 5.75 Å². The lowest BCUT2D eigenvalue weighted by atomic mass is 9.92. The summed E-state index contributed by atoms with van der Waals surface area (Å²) in [6.07, 6.45) is -1.03.